The first-order valence-electron chi connectivity index (χ1n) is 6.81. The second-order valence-corrected chi connectivity index (χ2v) is 6.03. The number of hydrogen-bond acceptors (Lipinski definition) is 1. The zero-order valence-electron chi connectivity index (χ0n) is 11.1. The van der Waals surface area contributed by atoms with Crippen molar-refractivity contribution in [3.05, 3.63) is 0 Å². The fourth-order valence-corrected chi connectivity index (χ4v) is 2.65. The molecule has 1 rings (SSSR count). The topological polar surface area (TPSA) is 12.0 Å². The van der Waals surface area contributed by atoms with E-state index in [4.69, 9.17) is 0 Å². The molecule has 1 N–H and O–H groups in total. The van der Waals surface area contributed by atoms with Gasteiger partial charge in [-0.15, -0.1) is 0 Å². The van der Waals surface area contributed by atoms with Gasteiger partial charge in [-0.3, -0.25) is 0 Å². The highest BCUT2D eigenvalue weighted by atomic mass is 14.9. The van der Waals surface area contributed by atoms with Gasteiger partial charge < -0.3 is 5.32 Å². The Kier molecular flexibility index (Phi) is 5.66. The van der Waals surface area contributed by atoms with Crippen LogP contribution < -0.4 is 5.32 Å². The first kappa shape index (κ1) is 13.0. The second kappa shape index (κ2) is 6.52. The van der Waals surface area contributed by atoms with Crippen LogP contribution in [0.4, 0.5) is 0 Å². The molecule has 0 aliphatic heterocycles. The van der Waals surface area contributed by atoms with E-state index >= 15 is 0 Å². The van der Waals surface area contributed by atoms with Crippen LogP contribution in [-0.4, -0.2) is 12.6 Å². The highest BCUT2D eigenvalue weighted by molar-refractivity contribution is 4.73. The van der Waals surface area contributed by atoms with Crippen molar-refractivity contribution < 1.29 is 0 Å². The fraction of sp³-hybridized carbons (Fsp3) is 1.00. The van der Waals surface area contributed by atoms with Crippen LogP contribution >= 0.6 is 0 Å². The van der Waals surface area contributed by atoms with Gasteiger partial charge in [0.1, 0.15) is 0 Å². The van der Waals surface area contributed by atoms with Gasteiger partial charge in [-0.1, -0.05) is 53.4 Å². The predicted molar refractivity (Wildman–Crippen MR) is 68.0 cm³/mol. The second-order valence-electron chi connectivity index (χ2n) is 6.03. The van der Waals surface area contributed by atoms with E-state index in [0.717, 1.165) is 17.8 Å². The lowest BCUT2D eigenvalue weighted by Crippen LogP contribution is -2.29. The quantitative estimate of drug-likeness (QED) is 0.728. The average molecular weight is 211 g/mol. The predicted octanol–water partition coefficient (Wildman–Crippen LogP) is 3.84. The van der Waals surface area contributed by atoms with Crippen LogP contribution in [-0.2, 0) is 0 Å². The molecule has 0 aromatic rings. The summed E-state index contributed by atoms with van der Waals surface area (Å²) in [4.78, 5) is 0. The molecule has 90 valence electrons. The lowest BCUT2D eigenvalue weighted by molar-refractivity contribution is 0.247. The maximum atomic E-state index is 3.54. The third-order valence-corrected chi connectivity index (χ3v) is 3.75. The first-order chi connectivity index (χ1) is 7.08. The molecule has 0 radical (unpaired) electrons. The molecular weight excluding hydrogens is 182 g/mol. The van der Waals surface area contributed by atoms with Gasteiger partial charge in [0.2, 0.25) is 0 Å². The fourth-order valence-electron chi connectivity index (χ4n) is 2.65. The van der Waals surface area contributed by atoms with Gasteiger partial charge in [0.05, 0.1) is 0 Å². The molecule has 1 saturated carbocycles. The Morgan fingerprint density at radius 1 is 1.07 bits per heavy atom. The molecule has 1 atom stereocenters. The summed E-state index contributed by atoms with van der Waals surface area (Å²) in [6, 6.07) is 0.638. The number of hydrogen-bond donors (Lipinski definition) is 1. The summed E-state index contributed by atoms with van der Waals surface area (Å²) in [6.45, 7) is 10.5. The Morgan fingerprint density at radius 3 is 2.20 bits per heavy atom. The normalized spacial score (nSPS) is 29.4. The number of rotatable bonds is 5. The van der Waals surface area contributed by atoms with Crippen LogP contribution in [0.2, 0.25) is 0 Å². The summed E-state index contributed by atoms with van der Waals surface area (Å²) in [5.74, 6) is 2.86. The van der Waals surface area contributed by atoms with Crippen LogP contribution in [0.15, 0.2) is 0 Å². The minimum absolute atomic E-state index is 0.638. The maximum Gasteiger partial charge on any atom is 0.00104 e. The minimum atomic E-state index is 0.638. The Hall–Kier alpha value is -0.0400. The van der Waals surface area contributed by atoms with Crippen molar-refractivity contribution in [2.24, 2.45) is 17.8 Å². The van der Waals surface area contributed by atoms with Crippen molar-refractivity contribution in [1.29, 1.82) is 0 Å². The van der Waals surface area contributed by atoms with Crippen LogP contribution in [0, 0.1) is 17.8 Å². The van der Waals surface area contributed by atoms with Gasteiger partial charge in [-0.25, -0.2) is 0 Å². The van der Waals surface area contributed by atoms with Gasteiger partial charge in [0, 0.05) is 6.04 Å². The maximum absolute atomic E-state index is 3.54. The highest BCUT2D eigenvalue weighted by Crippen LogP contribution is 2.32. The molecule has 0 heterocycles. The summed E-state index contributed by atoms with van der Waals surface area (Å²) in [7, 11) is 0. The van der Waals surface area contributed by atoms with E-state index in [2.05, 4.69) is 33.0 Å². The monoisotopic (exact) mass is 211 g/mol. The van der Waals surface area contributed by atoms with E-state index in [-0.39, 0.29) is 0 Å². The number of nitrogens with one attached hydrogen (secondary N) is 1. The summed E-state index contributed by atoms with van der Waals surface area (Å²) < 4.78 is 0. The summed E-state index contributed by atoms with van der Waals surface area (Å²) in [5, 5.41) is 3.54. The Labute approximate surface area is 96.0 Å². The third-order valence-electron chi connectivity index (χ3n) is 3.75. The van der Waals surface area contributed by atoms with Crippen molar-refractivity contribution in [2.75, 3.05) is 6.54 Å². The molecule has 15 heavy (non-hydrogen) atoms. The van der Waals surface area contributed by atoms with E-state index in [1.807, 2.05) is 0 Å². The molecule has 0 aromatic heterocycles. The summed E-state index contributed by atoms with van der Waals surface area (Å²) in [6.07, 6.45) is 7.33. The summed E-state index contributed by atoms with van der Waals surface area (Å²) in [5.41, 5.74) is 0. The standard InChI is InChI=1S/C14H29N/c1-11(2)15-10-13(4)9-14-7-5-12(3)6-8-14/h11-15H,5-10H2,1-4H3. The van der Waals surface area contributed by atoms with Crippen LogP contribution in [0.25, 0.3) is 0 Å². The highest BCUT2D eigenvalue weighted by Gasteiger charge is 2.19. The van der Waals surface area contributed by atoms with Gasteiger partial charge in [0.25, 0.3) is 0 Å². The van der Waals surface area contributed by atoms with Crippen molar-refractivity contribution in [3.8, 4) is 0 Å². The van der Waals surface area contributed by atoms with E-state index < -0.39 is 0 Å². The first-order valence-corrected chi connectivity index (χ1v) is 6.81. The molecule has 1 nitrogen and oxygen atoms in total. The van der Waals surface area contributed by atoms with Crippen molar-refractivity contribution >= 4 is 0 Å². The molecule has 1 unspecified atom stereocenters. The molecule has 0 amide bonds. The van der Waals surface area contributed by atoms with Gasteiger partial charge in [-0.2, -0.15) is 0 Å². The molecule has 0 bridgehead atoms. The molecule has 1 aliphatic carbocycles. The van der Waals surface area contributed by atoms with E-state index in [1.54, 1.807) is 0 Å². The Bertz CT molecular complexity index is 157. The van der Waals surface area contributed by atoms with E-state index in [9.17, 15) is 0 Å². The van der Waals surface area contributed by atoms with Gasteiger partial charge in [0.15, 0.2) is 0 Å². The molecule has 0 spiro atoms. The molecule has 1 aliphatic rings. The van der Waals surface area contributed by atoms with Gasteiger partial charge in [-0.05, 0) is 30.7 Å². The molecule has 0 aromatic carbocycles. The molecule has 1 heteroatoms. The van der Waals surface area contributed by atoms with Crippen molar-refractivity contribution in [3.63, 3.8) is 0 Å². The average Bonchev–Trinajstić information content (AvgIpc) is 2.19. The zero-order valence-corrected chi connectivity index (χ0v) is 11.1. The van der Waals surface area contributed by atoms with E-state index in [0.29, 0.717) is 6.04 Å². The van der Waals surface area contributed by atoms with Crippen molar-refractivity contribution in [2.45, 2.75) is 65.8 Å². The van der Waals surface area contributed by atoms with Crippen LogP contribution in [0.3, 0.4) is 0 Å². The smallest absolute Gasteiger partial charge is 0.00104 e. The minimum Gasteiger partial charge on any atom is -0.314 e. The lowest BCUT2D eigenvalue weighted by Gasteiger charge is -2.28. The zero-order chi connectivity index (χ0) is 11.3. The summed E-state index contributed by atoms with van der Waals surface area (Å²) >= 11 is 0. The largest absolute Gasteiger partial charge is 0.314 e. The van der Waals surface area contributed by atoms with Crippen molar-refractivity contribution in [1.82, 2.24) is 5.32 Å². The van der Waals surface area contributed by atoms with Gasteiger partial charge >= 0.3 is 0 Å². The van der Waals surface area contributed by atoms with Crippen LogP contribution in [0.5, 0.6) is 0 Å². The molecular formula is C14H29N. The van der Waals surface area contributed by atoms with E-state index in [1.165, 1.54) is 38.6 Å². The van der Waals surface area contributed by atoms with Crippen LogP contribution in [0.1, 0.15) is 59.8 Å². The third kappa shape index (κ3) is 5.55. The molecule has 1 fully saturated rings. The molecule has 0 saturated heterocycles. The Balaban J connectivity index is 2.12. The Morgan fingerprint density at radius 2 is 1.67 bits per heavy atom. The SMILES string of the molecule is CC1CCC(CC(C)CNC(C)C)CC1. The lowest BCUT2D eigenvalue weighted by atomic mass is 9.79.